The molecular formula is C21H24N2O2. The monoisotopic (exact) mass is 336 g/mol. The molecular weight excluding hydrogens is 312 g/mol. The molecule has 0 bridgehead atoms. The van der Waals surface area contributed by atoms with Crippen LogP contribution in [0.4, 0.5) is 0 Å². The quantitative estimate of drug-likeness (QED) is 0.697. The Morgan fingerprint density at radius 2 is 1.56 bits per heavy atom. The second-order valence-corrected chi connectivity index (χ2v) is 6.44. The Morgan fingerprint density at radius 3 is 2.04 bits per heavy atom. The zero-order valence-corrected chi connectivity index (χ0v) is 14.4. The van der Waals surface area contributed by atoms with Crippen LogP contribution in [0.2, 0.25) is 0 Å². The van der Waals surface area contributed by atoms with Crippen molar-refractivity contribution in [2.75, 3.05) is 0 Å². The maximum atomic E-state index is 11.5. The van der Waals surface area contributed by atoms with E-state index in [1.807, 2.05) is 78.5 Å². The summed E-state index contributed by atoms with van der Waals surface area (Å²) in [5.74, 6) is 0.932. The van der Waals surface area contributed by atoms with Crippen LogP contribution < -0.4 is 0 Å². The van der Waals surface area contributed by atoms with Crippen molar-refractivity contribution in [2.24, 2.45) is 7.05 Å². The third-order valence-electron chi connectivity index (χ3n) is 4.66. The molecule has 3 rings (SSSR count). The van der Waals surface area contributed by atoms with Crippen molar-refractivity contribution in [3.8, 4) is 0 Å². The number of hydrogen-bond acceptors (Lipinski definition) is 3. The molecule has 0 aliphatic heterocycles. The Kier molecular flexibility index (Phi) is 5.31. The fraction of sp³-hybridized carbons (Fsp3) is 0.286. The molecule has 1 aromatic heterocycles. The predicted octanol–water partition coefficient (Wildman–Crippen LogP) is 3.04. The number of rotatable bonds is 7. The molecule has 2 aromatic carbocycles. The van der Waals surface area contributed by atoms with Gasteiger partial charge in [0, 0.05) is 32.3 Å². The van der Waals surface area contributed by atoms with E-state index in [4.69, 9.17) is 0 Å². The summed E-state index contributed by atoms with van der Waals surface area (Å²) in [6.07, 6.45) is 4.47. The van der Waals surface area contributed by atoms with Crippen LogP contribution in [0, 0.1) is 0 Å². The molecule has 0 saturated heterocycles. The molecule has 4 heteroatoms. The van der Waals surface area contributed by atoms with Crippen molar-refractivity contribution < 1.29 is 10.2 Å². The van der Waals surface area contributed by atoms with E-state index in [-0.39, 0.29) is 6.42 Å². The molecule has 25 heavy (non-hydrogen) atoms. The Bertz CT molecular complexity index is 744. The first kappa shape index (κ1) is 17.4. The number of aryl methyl sites for hydroxylation is 2. The minimum Gasteiger partial charge on any atom is -0.393 e. The lowest BCUT2D eigenvalue weighted by Gasteiger charge is -2.31. The van der Waals surface area contributed by atoms with Crippen LogP contribution in [0.1, 0.15) is 29.8 Å². The first-order valence-corrected chi connectivity index (χ1v) is 8.57. The number of benzene rings is 2. The van der Waals surface area contributed by atoms with E-state index >= 15 is 0 Å². The molecule has 0 spiro atoms. The molecule has 0 amide bonds. The van der Waals surface area contributed by atoms with Crippen LogP contribution in [0.25, 0.3) is 0 Å². The van der Waals surface area contributed by atoms with Gasteiger partial charge in [-0.2, -0.15) is 0 Å². The molecule has 2 N–H and O–H groups in total. The van der Waals surface area contributed by atoms with Crippen LogP contribution in [0.3, 0.4) is 0 Å². The highest BCUT2D eigenvalue weighted by molar-refractivity contribution is 5.36. The average molecular weight is 336 g/mol. The Hall–Kier alpha value is -2.43. The van der Waals surface area contributed by atoms with E-state index in [1.165, 1.54) is 0 Å². The van der Waals surface area contributed by atoms with Gasteiger partial charge >= 0.3 is 0 Å². The summed E-state index contributed by atoms with van der Waals surface area (Å²) in [5.41, 5.74) is 0.360. The number of nitrogens with zero attached hydrogens (tertiary/aromatic N) is 2. The molecule has 4 nitrogen and oxygen atoms in total. The fourth-order valence-corrected chi connectivity index (χ4v) is 3.21. The molecule has 1 heterocycles. The second-order valence-electron chi connectivity index (χ2n) is 6.44. The summed E-state index contributed by atoms with van der Waals surface area (Å²) < 4.78 is 1.95. The van der Waals surface area contributed by atoms with Crippen molar-refractivity contribution in [1.82, 2.24) is 9.55 Å². The largest absolute Gasteiger partial charge is 0.393 e. The molecule has 1 atom stereocenters. The molecule has 0 aliphatic carbocycles. The number of aliphatic hydroxyl groups excluding tert-OH is 1. The van der Waals surface area contributed by atoms with Crippen molar-refractivity contribution >= 4 is 0 Å². The Morgan fingerprint density at radius 1 is 1.00 bits per heavy atom. The van der Waals surface area contributed by atoms with Gasteiger partial charge in [-0.25, -0.2) is 4.98 Å². The van der Waals surface area contributed by atoms with Gasteiger partial charge in [0.15, 0.2) is 0 Å². The molecule has 0 saturated carbocycles. The lowest BCUT2D eigenvalue weighted by Crippen LogP contribution is -2.32. The maximum absolute atomic E-state index is 11.5. The number of imidazole rings is 1. The van der Waals surface area contributed by atoms with Crippen LogP contribution >= 0.6 is 0 Å². The minimum absolute atomic E-state index is 0.242. The van der Waals surface area contributed by atoms with Crippen LogP contribution in [-0.2, 0) is 19.1 Å². The second kappa shape index (κ2) is 7.64. The van der Waals surface area contributed by atoms with E-state index in [9.17, 15) is 10.2 Å². The minimum atomic E-state index is -1.22. The topological polar surface area (TPSA) is 58.3 Å². The van der Waals surface area contributed by atoms with Crippen LogP contribution in [0.15, 0.2) is 73.1 Å². The lowest BCUT2D eigenvalue weighted by molar-refractivity contribution is 0.0147. The van der Waals surface area contributed by atoms with Gasteiger partial charge < -0.3 is 14.8 Å². The summed E-state index contributed by atoms with van der Waals surface area (Å²) in [7, 11) is 1.94. The summed E-state index contributed by atoms with van der Waals surface area (Å²) in [6, 6.07) is 19.1. The normalized spacial score (nSPS) is 12.9. The smallest absolute Gasteiger partial charge is 0.117 e. The highest BCUT2D eigenvalue weighted by Crippen LogP contribution is 2.34. The van der Waals surface area contributed by atoms with Gasteiger partial charge in [-0.15, -0.1) is 0 Å². The Balaban J connectivity index is 1.79. The van der Waals surface area contributed by atoms with E-state index in [0.717, 1.165) is 17.0 Å². The Labute approximate surface area is 148 Å². The van der Waals surface area contributed by atoms with Gasteiger partial charge in [-0.05, 0) is 17.5 Å². The first-order chi connectivity index (χ1) is 12.1. The molecule has 3 aromatic rings. The molecule has 130 valence electrons. The fourth-order valence-electron chi connectivity index (χ4n) is 3.21. The van der Waals surface area contributed by atoms with Crippen molar-refractivity contribution in [3.05, 3.63) is 90.0 Å². The van der Waals surface area contributed by atoms with Gasteiger partial charge in [0.2, 0.25) is 0 Å². The summed E-state index contributed by atoms with van der Waals surface area (Å²) in [5, 5.41) is 22.1. The number of aromatic nitrogens is 2. The standard InChI is InChI=1S/C21H24N2O2/c1-23-15-14-22-20(23)13-12-19(24)16-21(25,17-8-4-2-5-9-17)18-10-6-3-7-11-18/h2-11,14-15,19,24-25H,12-13,16H2,1H3. The third kappa shape index (κ3) is 3.98. The molecule has 0 radical (unpaired) electrons. The van der Waals surface area contributed by atoms with Gasteiger partial charge in [0.05, 0.1) is 6.10 Å². The highest BCUT2D eigenvalue weighted by Gasteiger charge is 2.33. The molecule has 1 unspecified atom stereocenters. The van der Waals surface area contributed by atoms with Gasteiger partial charge in [0.25, 0.3) is 0 Å². The number of aliphatic hydroxyl groups is 2. The van der Waals surface area contributed by atoms with E-state index in [1.54, 1.807) is 6.20 Å². The number of hydrogen-bond donors (Lipinski definition) is 2. The van der Waals surface area contributed by atoms with Crippen LogP contribution in [-0.4, -0.2) is 25.9 Å². The third-order valence-corrected chi connectivity index (χ3v) is 4.66. The van der Waals surface area contributed by atoms with Crippen LogP contribution in [0.5, 0.6) is 0 Å². The predicted molar refractivity (Wildman–Crippen MR) is 98.0 cm³/mol. The SMILES string of the molecule is Cn1ccnc1CCC(O)CC(O)(c1ccccc1)c1ccccc1. The molecule has 0 aliphatic rings. The van der Waals surface area contributed by atoms with Gasteiger partial charge in [-0.1, -0.05) is 60.7 Å². The summed E-state index contributed by atoms with van der Waals surface area (Å²) in [6.45, 7) is 0. The summed E-state index contributed by atoms with van der Waals surface area (Å²) in [4.78, 5) is 4.29. The van der Waals surface area contributed by atoms with Gasteiger partial charge in [-0.3, -0.25) is 0 Å². The summed E-state index contributed by atoms with van der Waals surface area (Å²) >= 11 is 0. The van der Waals surface area contributed by atoms with Gasteiger partial charge in [0.1, 0.15) is 11.4 Å². The van der Waals surface area contributed by atoms with E-state index < -0.39 is 11.7 Å². The van der Waals surface area contributed by atoms with Crippen molar-refractivity contribution in [3.63, 3.8) is 0 Å². The molecule has 0 fully saturated rings. The van der Waals surface area contributed by atoms with E-state index in [2.05, 4.69) is 4.98 Å². The highest BCUT2D eigenvalue weighted by atomic mass is 16.3. The van der Waals surface area contributed by atoms with Crippen molar-refractivity contribution in [2.45, 2.75) is 31.0 Å². The maximum Gasteiger partial charge on any atom is 0.117 e. The lowest BCUT2D eigenvalue weighted by atomic mass is 9.81. The zero-order valence-electron chi connectivity index (χ0n) is 14.4. The first-order valence-electron chi connectivity index (χ1n) is 8.57. The zero-order chi connectivity index (χ0) is 17.7. The van der Waals surface area contributed by atoms with Crippen molar-refractivity contribution in [1.29, 1.82) is 0 Å². The average Bonchev–Trinajstić information content (AvgIpc) is 3.06. The van der Waals surface area contributed by atoms with E-state index in [0.29, 0.717) is 12.8 Å².